The van der Waals surface area contributed by atoms with Crippen molar-refractivity contribution in [1.82, 2.24) is 0 Å². The molecule has 0 bridgehead atoms. The second kappa shape index (κ2) is 6.68. The van der Waals surface area contributed by atoms with Crippen LogP contribution in [-0.2, 0) is 11.3 Å². The Kier molecular flexibility index (Phi) is 5.20. The van der Waals surface area contributed by atoms with E-state index in [-0.39, 0.29) is 5.82 Å². The molecule has 3 nitrogen and oxygen atoms in total. The van der Waals surface area contributed by atoms with E-state index in [0.29, 0.717) is 18.9 Å². The van der Waals surface area contributed by atoms with Gasteiger partial charge in [-0.15, -0.1) is 0 Å². The summed E-state index contributed by atoms with van der Waals surface area (Å²) in [6.07, 6.45) is 3.20. The standard InChI is InChI=1S/C13H17FNO2/c1-3-15(16)9-8-11(2)17-10-12-4-6-13(14)7-5-12/h4-9,16H,3,10H2,1-2H3/q+1. The average molecular weight is 238 g/mol. The lowest BCUT2D eigenvalue weighted by Crippen LogP contribution is -2.05. The molecular formula is C13H17FNO2+. The van der Waals surface area contributed by atoms with Crippen molar-refractivity contribution in [2.75, 3.05) is 6.54 Å². The molecule has 92 valence electrons. The number of allylic oxidation sites excluding steroid dienone is 2. The molecule has 0 spiro atoms. The van der Waals surface area contributed by atoms with Gasteiger partial charge in [-0.1, -0.05) is 12.1 Å². The van der Waals surface area contributed by atoms with Gasteiger partial charge in [0.2, 0.25) is 6.21 Å². The van der Waals surface area contributed by atoms with Gasteiger partial charge in [-0.25, -0.2) is 4.39 Å². The number of hydroxylamine groups is 1. The molecule has 0 unspecified atom stereocenters. The number of nitrogens with zero attached hydrogens (tertiary/aromatic N) is 1. The van der Waals surface area contributed by atoms with E-state index in [1.807, 2.05) is 6.92 Å². The fourth-order valence-electron chi connectivity index (χ4n) is 1.12. The Balaban J connectivity index is 2.48. The SMILES string of the molecule is CC[N+](O)=CC=C(C)OCc1ccc(F)cc1. The lowest BCUT2D eigenvalue weighted by molar-refractivity contribution is -0.768. The summed E-state index contributed by atoms with van der Waals surface area (Å²) >= 11 is 0. The van der Waals surface area contributed by atoms with E-state index < -0.39 is 0 Å². The highest BCUT2D eigenvalue weighted by atomic mass is 19.1. The van der Waals surface area contributed by atoms with E-state index in [1.165, 1.54) is 18.3 Å². The normalized spacial score (nSPS) is 12.6. The monoisotopic (exact) mass is 238 g/mol. The minimum Gasteiger partial charge on any atom is -0.493 e. The van der Waals surface area contributed by atoms with E-state index in [1.54, 1.807) is 25.1 Å². The molecule has 0 atom stereocenters. The molecule has 0 aliphatic carbocycles. The summed E-state index contributed by atoms with van der Waals surface area (Å²) in [6, 6.07) is 6.15. The average Bonchev–Trinajstić information content (AvgIpc) is 2.35. The van der Waals surface area contributed by atoms with Gasteiger partial charge < -0.3 is 4.74 Å². The number of ether oxygens (including phenoxy) is 1. The van der Waals surface area contributed by atoms with Crippen molar-refractivity contribution in [3.63, 3.8) is 0 Å². The van der Waals surface area contributed by atoms with Crippen molar-refractivity contribution in [1.29, 1.82) is 0 Å². The van der Waals surface area contributed by atoms with Crippen molar-refractivity contribution in [2.45, 2.75) is 20.5 Å². The van der Waals surface area contributed by atoms with Crippen molar-refractivity contribution in [3.05, 3.63) is 47.5 Å². The minimum atomic E-state index is -0.256. The predicted octanol–water partition coefficient (Wildman–Crippen LogP) is 2.74. The van der Waals surface area contributed by atoms with Gasteiger partial charge in [0.25, 0.3) is 0 Å². The molecule has 0 amide bonds. The Morgan fingerprint density at radius 3 is 2.65 bits per heavy atom. The first kappa shape index (κ1) is 13.2. The van der Waals surface area contributed by atoms with Crippen LogP contribution >= 0.6 is 0 Å². The van der Waals surface area contributed by atoms with Crippen LogP contribution in [0.4, 0.5) is 4.39 Å². The van der Waals surface area contributed by atoms with Crippen LogP contribution in [0.25, 0.3) is 0 Å². The molecule has 1 N–H and O–H groups in total. The molecular weight excluding hydrogens is 221 g/mol. The van der Waals surface area contributed by atoms with Gasteiger partial charge in [0.05, 0.1) is 5.76 Å². The van der Waals surface area contributed by atoms with Crippen LogP contribution in [0, 0.1) is 5.82 Å². The van der Waals surface area contributed by atoms with E-state index in [9.17, 15) is 4.39 Å². The summed E-state index contributed by atoms with van der Waals surface area (Å²) in [6.45, 7) is 4.53. The second-order valence-corrected chi connectivity index (χ2v) is 3.60. The molecule has 1 aromatic carbocycles. The van der Waals surface area contributed by atoms with Crippen LogP contribution in [0.1, 0.15) is 19.4 Å². The smallest absolute Gasteiger partial charge is 0.218 e. The lowest BCUT2D eigenvalue weighted by atomic mass is 10.2. The molecule has 0 aliphatic heterocycles. The van der Waals surface area contributed by atoms with Crippen LogP contribution in [-0.4, -0.2) is 22.7 Å². The van der Waals surface area contributed by atoms with Gasteiger partial charge in [0.15, 0.2) is 6.54 Å². The summed E-state index contributed by atoms with van der Waals surface area (Å²) in [4.78, 5) is 0. The van der Waals surface area contributed by atoms with Gasteiger partial charge in [0.1, 0.15) is 12.4 Å². The predicted molar refractivity (Wildman–Crippen MR) is 63.6 cm³/mol. The van der Waals surface area contributed by atoms with E-state index in [4.69, 9.17) is 9.94 Å². The van der Waals surface area contributed by atoms with Crippen LogP contribution in [0.5, 0.6) is 0 Å². The maximum atomic E-state index is 12.6. The second-order valence-electron chi connectivity index (χ2n) is 3.60. The molecule has 1 rings (SSSR count). The van der Waals surface area contributed by atoms with Crippen LogP contribution in [0.2, 0.25) is 0 Å². The largest absolute Gasteiger partial charge is 0.493 e. The first-order valence-electron chi connectivity index (χ1n) is 5.46. The summed E-state index contributed by atoms with van der Waals surface area (Å²) in [7, 11) is 0. The topological polar surface area (TPSA) is 32.5 Å². The third-order valence-corrected chi connectivity index (χ3v) is 2.19. The minimum absolute atomic E-state index is 0.256. The summed E-state index contributed by atoms with van der Waals surface area (Å²) in [5, 5.41) is 9.16. The zero-order valence-electron chi connectivity index (χ0n) is 10.1. The maximum absolute atomic E-state index is 12.6. The fourth-order valence-corrected chi connectivity index (χ4v) is 1.12. The fraction of sp³-hybridized carbons (Fsp3) is 0.308. The van der Waals surface area contributed by atoms with Crippen LogP contribution in [0.3, 0.4) is 0 Å². The molecule has 1 aromatic rings. The molecule has 0 aromatic heterocycles. The van der Waals surface area contributed by atoms with Crippen molar-refractivity contribution >= 4 is 6.21 Å². The Morgan fingerprint density at radius 2 is 2.06 bits per heavy atom. The van der Waals surface area contributed by atoms with Crippen molar-refractivity contribution in [3.8, 4) is 0 Å². The molecule has 0 radical (unpaired) electrons. The van der Waals surface area contributed by atoms with Gasteiger partial charge in [-0.05, 0) is 36.3 Å². The van der Waals surface area contributed by atoms with Crippen molar-refractivity contribution < 1.29 is 19.1 Å². The molecule has 0 saturated carbocycles. The number of benzene rings is 1. The van der Waals surface area contributed by atoms with Gasteiger partial charge in [0, 0.05) is 6.08 Å². The highest BCUT2D eigenvalue weighted by Gasteiger charge is 1.97. The van der Waals surface area contributed by atoms with E-state index in [0.717, 1.165) is 10.3 Å². The zero-order chi connectivity index (χ0) is 12.7. The number of hydrogen-bond acceptors (Lipinski definition) is 2. The third kappa shape index (κ3) is 5.15. The highest BCUT2D eigenvalue weighted by molar-refractivity contribution is 5.66. The summed E-state index contributed by atoms with van der Waals surface area (Å²) in [5.74, 6) is 0.426. The van der Waals surface area contributed by atoms with Gasteiger partial charge >= 0.3 is 0 Å². The highest BCUT2D eigenvalue weighted by Crippen LogP contribution is 2.06. The molecule has 0 heterocycles. The maximum Gasteiger partial charge on any atom is 0.218 e. The first-order valence-corrected chi connectivity index (χ1v) is 5.46. The zero-order valence-corrected chi connectivity index (χ0v) is 10.1. The number of hydrogen-bond donors (Lipinski definition) is 1. The number of rotatable bonds is 5. The lowest BCUT2D eigenvalue weighted by Gasteiger charge is -2.04. The first-order chi connectivity index (χ1) is 8.11. The third-order valence-electron chi connectivity index (χ3n) is 2.19. The molecule has 0 fully saturated rings. The Morgan fingerprint density at radius 1 is 1.41 bits per heavy atom. The Bertz CT molecular complexity index is 410. The van der Waals surface area contributed by atoms with Crippen LogP contribution < -0.4 is 0 Å². The number of halogens is 1. The summed E-state index contributed by atoms with van der Waals surface area (Å²) < 4.78 is 19.1. The van der Waals surface area contributed by atoms with E-state index in [2.05, 4.69) is 0 Å². The molecule has 0 saturated heterocycles. The molecule has 4 heteroatoms. The van der Waals surface area contributed by atoms with Gasteiger partial charge in [-0.3, -0.25) is 5.21 Å². The quantitative estimate of drug-likeness (QED) is 0.281. The Hall–Kier alpha value is -1.84. The van der Waals surface area contributed by atoms with Crippen molar-refractivity contribution in [2.24, 2.45) is 0 Å². The molecule has 0 aliphatic rings. The van der Waals surface area contributed by atoms with Gasteiger partial charge in [-0.2, -0.15) is 0 Å². The Labute approximate surface area is 100 Å². The summed E-state index contributed by atoms with van der Waals surface area (Å²) in [5.41, 5.74) is 0.899. The van der Waals surface area contributed by atoms with E-state index >= 15 is 0 Å². The van der Waals surface area contributed by atoms with Crippen LogP contribution in [0.15, 0.2) is 36.1 Å². The molecule has 17 heavy (non-hydrogen) atoms.